The molecular weight excluding hydrogens is 395 g/mol. The summed E-state index contributed by atoms with van der Waals surface area (Å²) in [5, 5.41) is 7.16. The van der Waals surface area contributed by atoms with Crippen molar-refractivity contribution in [3.63, 3.8) is 0 Å². The van der Waals surface area contributed by atoms with Gasteiger partial charge in [-0.1, -0.05) is 17.7 Å². The topological polar surface area (TPSA) is 42.5 Å². The molecule has 0 spiro atoms. The van der Waals surface area contributed by atoms with Gasteiger partial charge in [-0.05, 0) is 36.5 Å². The first-order valence-electron chi connectivity index (χ1n) is 7.82. The van der Waals surface area contributed by atoms with Crippen molar-refractivity contribution in [1.29, 1.82) is 0 Å². The quantitative estimate of drug-likeness (QED) is 0.481. The van der Waals surface area contributed by atoms with E-state index in [9.17, 15) is 4.39 Å². The highest BCUT2D eigenvalue weighted by Gasteiger charge is 2.07. The van der Waals surface area contributed by atoms with Crippen LogP contribution in [0.15, 0.2) is 36.4 Å². The Bertz CT molecular complexity index is 742. The summed E-state index contributed by atoms with van der Waals surface area (Å²) < 4.78 is 24.1. The molecule has 2 aromatic carbocycles. The van der Waals surface area contributed by atoms with Crippen LogP contribution in [0.1, 0.15) is 5.56 Å². The van der Waals surface area contributed by atoms with Gasteiger partial charge in [0.05, 0.1) is 14.2 Å². The normalized spacial score (nSPS) is 10.3. The number of ether oxygens (including phenoxy) is 2. The maximum Gasteiger partial charge on any atom is 0.170 e. The lowest BCUT2D eigenvalue weighted by Gasteiger charge is -2.13. The van der Waals surface area contributed by atoms with Crippen LogP contribution in [-0.2, 0) is 5.75 Å². The molecular formula is C18H20ClFN2O2S2. The summed E-state index contributed by atoms with van der Waals surface area (Å²) in [6, 6.07) is 10.2. The summed E-state index contributed by atoms with van der Waals surface area (Å²) >= 11 is 12.9. The molecule has 0 amide bonds. The van der Waals surface area contributed by atoms with Crippen LogP contribution in [-0.4, -0.2) is 31.6 Å². The lowest BCUT2D eigenvalue weighted by molar-refractivity contribution is 0.355. The van der Waals surface area contributed by atoms with Gasteiger partial charge in [0, 0.05) is 40.4 Å². The monoisotopic (exact) mass is 414 g/mol. The molecule has 0 bridgehead atoms. The minimum Gasteiger partial charge on any atom is -0.493 e. The second-order valence-corrected chi connectivity index (χ2v) is 7.12. The molecule has 140 valence electrons. The lowest BCUT2D eigenvalue weighted by Crippen LogP contribution is -2.30. The molecule has 0 saturated carbocycles. The predicted octanol–water partition coefficient (Wildman–Crippen LogP) is 4.72. The summed E-state index contributed by atoms with van der Waals surface area (Å²) in [4.78, 5) is 0. The number of benzene rings is 2. The van der Waals surface area contributed by atoms with Crippen LogP contribution in [0.5, 0.6) is 11.5 Å². The first-order chi connectivity index (χ1) is 12.5. The zero-order valence-corrected chi connectivity index (χ0v) is 16.9. The van der Waals surface area contributed by atoms with E-state index in [2.05, 4.69) is 10.6 Å². The van der Waals surface area contributed by atoms with Crippen molar-refractivity contribution in [3.8, 4) is 11.5 Å². The van der Waals surface area contributed by atoms with Crippen LogP contribution in [0.3, 0.4) is 0 Å². The summed E-state index contributed by atoms with van der Waals surface area (Å²) in [6.07, 6.45) is 0. The minimum absolute atomic E-state index is 0.274. The van der Waals surface area contributed by atoms with Gasteiger partial charge in [0.25, 0.3) is 0 Å². The number of hydrogen-bond acceptors (Lipinski definition) is 4. The SMILES string of the molecule is COc1ccc(NC(=S)NCCSCc2c(F)cccc2Cl)cc1OC. The molecule has 0 radical (unpaired) electrons. The average Bonchev–Trinajstić information content (AvgIpc) is 2.63. The largest absolute Gasteiger partial charge is 0.493 e. The molecule has 0 aromatic heterocycles. The van der Waals surface area contributed by atoms with E-state index in [4.69, 9.17) is 33.3 Å². The molecule has 0 fully saturated rings. The van der Waals surface area contributed by atoms with E-state index in [-0.39, 0.29) is 5.82 Å². The Morgan fingerprint density at radius 2 is 1.96 bits per heavy atom. The van der Waals surface area contributed by atoms with Crippen LogP contribution in [0.2, 0.25) is 5.02 Å². The number of rotatable bonds is 8. The summed E-state index contributed by atoms with van der Waals surface area (Å²) in [6.45, 7) is 0.649. The number of thiocarbonyl (C=S) groups is 1. The molecule has 0 atom stereocenters. The van der Waals surface area contributed by atoms with Gasteiger partial charge < -0.3 is 20.1 Å². The molecule has 2 N–H and O–H groups in total. The molecule has 2 aromatic rings. The van der Waals surface area contributed by atoms with Crippen molar-refractivity contribution in [2.24, 2.45) is 0 Å². The fraction of sp³-hybridized carbons (Fsp3) is 0.278. The maximum atomic E-state index is 13.7. The van der Waals surface area contributed by atoms with Crippen LogP contribution in [0.25, 0.3) is 0 Å². The number of methoxy groups -OCH3 is 2. The number of halogens is 2. The van der Waals surface area contributed by atoms with Crippen molar-refractivity contribution in [3.05, 3.63) is 52.8 Å². The van der Waals surface area contributed by atoms with Gasteiger partial charge in [-0.15, -0.1) is 0 Å². The van der Waals surface area contributed by atoms with Crippen LogP contribution in [0, 0.1) is 5.82 Å². The third-order valence-electron chi connectivity index (χ3n) is 3.48. The lowest BCUT2D eigenvalue weighted by atomic mass is 10.2. The first-order valence-corrected chi connectivity index (χ1v) is 9.76. The molecule has 0 aliphatic carbocycles. The van der Waals surface area contributed by atoms with Gasteiger partial charge in [0.2, 0.25) is 0 Å². The van der Waals surface area contributed by atoms with Gasteiger partial charge in [-0.3, -0.25) is 0 Å². The maximum absolute atomic E-state index is 13.7. The number of nitrogens with one attached hydrogen (secondary N) is 2. The molecule has 8 heteroatoms. The number of anilines is 1. The van der Waals surface area contributed by atoms with Crippen LogP contribution >= 0.6 is 35.6 Å². The van der Waals surface area contributed by atoms with E-state index in [0.717, 1.165) is 11.4 Å². The van der Waals surface area contributed by atoms with Gasteiger partial charge in [-0.2, -0.15) is 11.8 Å². The molecule has 0 aliphatic heterocycles. The van der Waals surface area contributed by atoms with Crippen molar-refractivity contribution in [2.75, 3.05) is 31.8 Å². The predicted molar refractivity (Wildman–Crippen MR) is 111 cm³/mol. The highest BCUT2D eigenvalue weighted by atomic mass is 35.5. The number of hydrogen-bond donors (Lipinski definition) is 2. The second kappa shape index (κ2) is 10.4. The molecule has 26 heavy (non-hydrogen) atoms. The Morgan fingerprint density at radius 1 is 1.19 bits per heavy atom. The van der Waals surface area contributed by atoms with E-state index in [1.807, 2.05) is 12.1 Å². The van der Waals surface area contributed by atoms with Gasteiger partial charge in [0.15, 0.2) is 16.6 Å². The van der Waals surface area contributed by atoms with Gasteiger partial charge >= 0.3 is 0 Å². The fourth-order valence-electron chi connectivity index (χ4n) is 2.17. The third-order valence-corrected chi connectivity index (χ3v) is 5.07. The Kier molecular flexibility index (Phi) is 8.28. The fourth-order valence-corrected chi connectivity index (χ4v) is 3.59. The standard InChI is InChI=1S/C18H20ClFN2O2S2/c1-23-16-7-6-12(10-17(16)24-2)22-18(25)21-8-9-26-11-13-14(19)4-3-5-15(13)20/h3-7,10H,8-9,11H2,1-2H3,(H2,21,22,25). The molecule has 0 aliphatic rings. The Morgan fingerprint density at radius 3 is 2.65 bits per heavy atom. The minimum atomic E-state index is -0.274. The van der Waals surface area contributed by atoms with Crippen LogP contribution < -0.4 is 20.1 Å². The molecule has 0 heterocycles. The van der Waals surface area contributed by atoms with Gasteiger partial charge in [-0.25, -0.2) is 4.39 Å². The summed E-state index contributed by atoms with van der Waals surface area (Å²) in [5.41, 5.74) is 1.33. The Balaban J connectivity index is 1.74. The average molecular weight is 415 g/mol. The molecule has 2 rings (SSSR count). The van der Waals surface area contributed by atoms with E-state index >= 15 is 0 Å². The van der Waals surface area contributed by atoms with E-state index in [1.165, 1.54) is 6.07 Å². The zero-order chi connectivity index (χ0) is 18.9. The van der Waals surface area contributed by atoms with E-state index in [0.29, 0.717) is 39.5 Å². The van der Waals surface area contributed by atoms with Crippen molar-refractivity contribution in [1.82, 2.24) is 5.32 Å². The zero-order valence-electron chi connectivity index (χ0n) is 14.5. The summed E-state index contributed by atoms with van der Waals surface area (Å²) in [5.74, 6) is 2.28. The van der Waals surface area contributed by atoms with Crippen molar-refractivity contribution < 1.29 is 13.9 Å². The first kappa shape index (κ1) is 20.6. The van der Waals surface area contributed by atoms with Crippen LogP contribution in [0.4, 0.5) is 10.1 Å². The van der Waals surface area contributed by atoms with Crippen molar-refractivity contribution >= 4 is 46.4 Å². The molecule has 0 saturated heterocycles. The smallest absolute Gasteiger partial charge is 0.170 e. The molecule has 0 unspecified atom stereocenters. The van der Waals surface area contributed by atoms with Crippen molar-refractivity contribution in [2.45, 2.75) is 5.75 Å². The van der Waals surface area contributed by atoms with Gasteiger partial charge in [0.1, 0.15) is 5.82 Å². The molecule has 4 nitrogen and oxygen atoms in total. The van der Waals surface area contributed by atoms with E-state index < -0.39 is 0 Å². The highest BCUT2D eigenvalue weighted by molar-refractivity contribution is 7.98. The summed E-state index contributed by atoms with van der Waals surface area (Å²) in [7, 11) is 3.17. The highest BCUT2D eigenvalue weighted by Crippen LogP contribution is 2.29. The number of thioether (sulfide) groups is 1. The Labute approximate surface area is 167 Å². The second-order valence-electron chi connectivity index (χ2n) is 5.20. The Hall–Kier alpha value is -1.70. The third kappa shape index (κ3) is 5.93. The van der Waals surface area contributed by atoms with E-state index in [1.54, 1.807) is 44.2 Å².